The van der Waals surface area contributed by atoms with Crippen LogP contribution in [0.5, 0.6) is 0 Å². The molecule has 3 nitrogen and oxygen atoms in total. The van der Waals surface area contributed by atoms with Gasteiger partial charge in [-0.15, -0.1) is 0 Å². The second-order valence-electron chi connectivity index (χ2n) is 5.12. The Hall–Kier alpha value is -0.930. The van der Waals surface area contributed by atoms with Gasteiger partial charge in [-0.25, -0.2) is 0 Å². The van der Waals surface area contributed by atoms with Crippen LogP contribution in [-0.4, -0.2) is 42.1 Å². The maximum atomic E-state index is 4.06. The zero-order valence-corrected chi connectivity index (χ0v) is 11.4. The van der Waals surface area contributed by atoms with Crippen molar-refractivity contribution in [3.8, 4) is 0 Å². The lowest BCUT2D eigenvalue weighted by molar-refractivity contribution is 0.275. The minimum atomic E-state index is 0.764. The van der Waals surface area contributed by atoms with Crippen molar-refractivity contribution < 1.29 is 0 Å². The van der Waals surface area contributed by atoms with E-state index in [9.17, 15) is 0 Å². The molecule has 2 heterocycles. The van der Waals surface area contributed by atoms with Crippen molar-refractivity contribution in [3.05, 3.63) is 30.1 Å². The van der Waals surface area contributed by atoms with E-state index in [1.165, 1.54) is 37.9 Å². The maximum absolute atomic E-state index is 4.06. The molecule has 0 aromatic carbocycles. The summed E-state index contributed by atoms with van der Waals surface area (Å²) in [5.74, 6) is 0. The smallest absolute Gasteiger partial charge is 0.0270 e. The predicted octanol–water partition coefficient (Wildman–Crippen LogP) is 2.09. The Morgan fingerprint density at radius 2 is 2.17 bits per heavy atom. The number of nitrogens with one attached hydrogen (secondary N) is 1. The summed E-state index contributed by atoms with van der Waals surface area (Å²) in [5, 5.41) is 3.57. The summed E-state index contributed by atoms with van der Waals surface area (Å²) in [4.78, 5) is 6.62. The molecule has 1 aromatic heterocycles. The van der Waals surface area contributed by atoms with Crippen molar-refractivity contribution in [2.75, 3.05) is 26.2 Å². The van der Waals surface area contributed by atoms with E-state index in [0.717, 1.165) is 25.6 Å². The molecule has 3 heteroatoms. The van der Waals surface area contributed by atoms with Crippen LogP contribution < -0.4 is 5.32 Å². The highest BCUT2D eigenvalue weighted by Crippen LogP contribution is 2.09. The molecule has 0 saturated carbocycles. The lowest BCUT2D eigenvalue weighted by Crippen LogP contribution is -2.32. The number of likely N-dealkylation sites (N-methyl/N-ethyl adjacent to an activating group) is 1. The first kappa shape index (κ1) is 13.5. The Kier molecular flexibility index (Phi) is 5.62. The highest BCUT2D eigenvalue weighted by Gasteiger charge is 2.14. The van der Waals surface area contributed by atoms with Gasteiger partial charge in [-0.1, -0.05) is 6.92 Å². The topological polar surface area (TPSA) is 28.2 Å². The van der Waals surface area contributed by atoms with Crippen LogP contribution in [0.4, 0.5) is 0 Å². The standard InChI is InChI=1S/C15H25N3/c1-2-18(13-8-15-4-3-9-17-15)12-7-14-5-10-16-11-6-14/h5-6,10-11,15,17H,2-4,7-9,12-13H2,1H3. The van der Waals surface area contributed by atoms with Gasteiger partial charge in [0.25, 0.3) is 0 Å². The number of pyridine rings is 1. The Labute approximate surface area is 111 Å². The quantitative estimate of drug-likeness (QED) is 0.799. The molecule has 18 heavy (non-hydrogen) atoms. The van der Waals surface area contributed by atoms with Gasteiger partial charge >= 0.3 is 0 Å². The van der Waals surface area contributed by atoms with Gasteiger partial charge in [-0.2, -0.15) is 0 Å². The van der Waals surface area contributed by atoms with Gasteiger partial charge in [0.2, 0.25) is 0 Å². The lowest BCUT2D eigenvalue weighted by atomic mass is 10.1. The van der Waals surface area contributed by atoms with Crippen molar-refractivity contribution in [1.29, 1.82) is 0 Å². The Morgan fingerprint density at radius 1 is 1.33 bits per heavy atom. The van der Waals surface area contributed by atoms with Crippen LogP contribution in [0, 0.1) is 0 Å². The number of hydrogen-bond donors (Lipinski definition) is 1. The van der Waals surface area contributed by atoms with E-state index >= 15 is 0 Å². The van der Waals surface area contributed by atoms with Gasteiger partial charge in [0, 0.05) is 25.0 Å². The summed E-state index contributed by atoms with van der Waals surface area (Å²) in [6, 6.07) is 5.00. The zero-order valence-electron chi connectivity index (χ0n) is 11.4. The first-order valence-electron chi connectivity index (χ1n) is 7.23. The highest BCUT2D eigenvalue weighted by molar-refractivity contribution is 5.09. The van der Waals surface area contributed by atoms with E-state index < -0.39 is 0 Å². The SMILES string of the molecule is CCN(CCc1ccncc1)CCC1CCCN1. The number of hydrogen-bond acceptors (Lipinski definition) is 3. The molecule has 0 aliphatic carbocycles. The van der Waals surface area contributed by atoms with Crippen molar-refractivity contribution in [2.45, 2.75) is 38.6 Å². The Bertz CT molecular complexity index is 320. The normalized spacial score (nSPS) is 19.6. The summed E-state index contributed by atoms with van der Waals surface area (Å²) >= 11 is 0. The van der Waals surface area contributed by atoms with Crippen LogP contribution in [0.1, 0.15) is 31.7 Å². The van der Waals surface area contributed by atoms with Crippen LogP contribution >= 0.6 is 0 Å². The molecule has 2 rings (SSSR count). The van der Waals surface area contributed by atoms with Gasteiger partial charge < -0.3 is 10.2 Å². The van der Waals surface area contributed by atoms with Crippen LogP contribution in [0.3, 0.4) is 0 Å². The first-order chi connectivity index (χ1) is 8.88. The van der Waals surface area contributed by atoms with E-state index in [0.29, 0.717) is 0 Å². The second-order valence-corrected chi connectivity index (χ2v) is 5.12. The zero-order chi connectivity index (χ0) is 12.6. The molecule has 1 unspecified atom stereocenters. The molecule has 1 N–H and O–H groups in total. The van der Waals surface area contributed by atoms with E-state index in [1.54, 1.807) is 0 Å². The minimum absolute atomic E-state index is 0.764. The average molecular weight is 247 g/mol. The maximum Gasteiger partial charge on any atom is 0.0270 e. The van der Waals surface area contributed by atoms with E-state index in [2.05, 4.69) is 34.3 Å². The molecule has 1 aromatic rings. The lowest BCUT2D eigenvalue weighted by Gasteiger charge is -2.22. The molecule has 1 atom stereocenters. The van der Waals surface area contributed by atoms with Gasteiger partial charge in [0.05, 0.1) is 0 Å². The van der Waals surface area contributed by atoms with E-state index in [4.69, 9.17) is 0 Å². The van der Waals surface area contributed by atoms with Crippen molar-refractivity contribution in [2.24, 2.45) is 0 Å². The molecule has 1 aliphatic heterocycles. The van der Waals surface area contributed by atoms with Crippen molar-refractivity contribution in [1.82, 2.24) is 15.2 Å². The molecule has 1 fully saturated rings. The summed E-state index contributed by atoms with van der Waals surface area (Å²) in [5.41, 5.74) is 1.39. The number of nitrogens with zero attached hydrogens (tertiary/aromatic N) is 2. The summed E-state index contributed by atoms with van der Waals surface area (Å²) in [7, 11) is 0. The summed E-state index contributed by atoms with van der Waals surface area (Å²) in [6.45, 7) is 7.01. The molecule has 0 bridgehead atoms. The number of aromatic nitrogens is 1. The van der Waals surface area contributed by atoms with Gasteiger partial charge in [0.1, 0.15) is 0 Å². The van der Waals surface area contributed by atoms with Gasteiger partial charge in [0.15, 0.2) is 0 Å². The molecule has 0 spiro atoms. The largest absolute Gasteiger partial charge is 0.314 e. The molecule has 0 amide bonds. The molecule has 1 aliphatic rings. The minimum Gasteiger partial charge on any atom is -0.314 e. The van der Waals surface area contributed by atoms with Gasteiger partial charge in [-0.3, -0.25) is 4.98 Å². The fraction of sp³-hybridized carbons (Fsp3) is 0.667. The molecular formula is C15H25N3. The molecule has 1 saturated heterocycles. The first-order valence-corrected chi connectivity index (χ1v) is 7.23. The van der Waals surface area contributed by atoms with Gasteiger partial charge in [-0.05, 0) is 63.0 Å². The van der Waals surface area contributed by atoms with E-state index in [1.807, 2.05) is 12.4 Å². The van der Waals surface area contributed by atoms with Crippen LogP contribution in [0.25, 0.3) is 0 Å². The summed E-state index contributed by atoms with van der Waals surface area (Å²) in [6.07, 6.45) is 8.91. The average Bonchev–Trinajstić information content (AvgIpc) is 2.93. The third-order valence-electron chi connectivity index (χ3n) is 3.87. The monoisotopic (exact) mass is 247 g/mol. The van der Waals surface area contributed by atoms with Crippen LogP contribution in [-0.2, 0) is 6.42 Å². The highest BCUT2D eigenvalue weighted by atomic mass is 15.1. The third-order valence-corrected chi connectivity index (χ3v) is 3.87. The van der Waals surface area contributed by atoms with Crippen molar-refractivity contribution in [3.63, 3.8) is 0 Å². The van der Waals surface area contributed by atoms with E-state index in [-0.39, 0.29) is 0 Å². The fourth-order valence-corrected chi connectivity index (χ4v) is 2.61. The van der Waals surface area contributed by atoms with Crippen molar-refractivity contribution >= 4 is 0 Å². The summed E-state index contributed by atoms with van der Waals surface area (Å²) < 4.78 is 0. The Morgan fingerprint density at radius 3 is 2.83 bits per heavy atom. The molecular weight excluding hydrogens is 222 g/mol. The Balaban J connectivity index is 1.68. The van der Waals surface area contributed by atoms with Crippen LogP contribution in [0.15, 0.2) is 24.5 Å². The van der Waals surface area contributed by atoms with Crippen LogP contribution in [0.2, 0.25) is 0 Å². The number of rotatable bonds is 7. The predicted molar refractivity (Wildman–Crippen MR) is 75.7 cm³/mol. The fourth-order valence-electron chi connectivity index (χ4n) is 2.61. The molecule has 100 valence electrons. The third kappa shape index (κ3) is 4.39. The molecule has 0 radical (unpaired) electrons. The second kappa shape index (κ2) is 7.49.